The average molecular weight is 667 g/mol. The summed E-state index contributed by atoms with van der Waals surface area (Å²) < 4.78 is 50.5. The van der Waals surface area contributed by atoms with Gasteiger partial charge < -0.3 is 4.42 Å². The lowest BCUT2D eigenvalue weighted by Crippen LogP contribution is -2.07. The van der Waals surface area contributed by atoms with Crippen LogP contribution in [0.25, 0.3) is 93.7 Å². The van der Waals surface area contributed by atoms with Gasteiger partial charge in [-0.2, -0.15) is 13.2 Å². The van der Waals surface area contributed by atoms with Crippen LogP contribution in [0.2, 0.25) is 0 Å². The first-order valence-corrected chi connectivity index (χ1v) is 17.2. The van der Waals surface area contributed by atoms with E-state index in [1.54, 1.807) is 36.4 Å². The van der Waals surface area contributed by atoms with Crippen LogP contribution in [0, 0.1) is 0 Å². The van der Waals surface area contributed by atoms with Gasteiger partial charge in [0.2, 0.25) is 0 Å². The lowest BCUT2D eigenvalue weighted by molar-refractivity contribution is -0.135. The first-order valence-electron chi connectivity index (χ1n) is 17.2. The molecule has 0 bridgehead atoms. The van der Waals surface area contributed by atoms with Crippen molar-refractivity contribution in [3.63, 3.8) is 0 Å². The molecule has 4 heteroatoms. The molecule has 0 saturated carbocycles. The minimum Gasteiger partial charge on any atom is -0.455 e. The third-order valence-electron chi connectivity index (χ3n) is 10.5. The van der Waals surface area contributed by atoms with E-state index < -0.39 is 11.7 Å². The van der Waals surface area contributed by atoms with Gasteiger partial charge >= 0.3 is 6.18 Å². The molecule has 10 rings (SSSR count). The van der Waals surface area contributed by atoms with E-state index >= 15 is 0 Å². The molecule has 0 radical (unpaired) electrons. The fourth-order valence-electron chi connectivity index (χ4n) is 8.50. The van der Waals surface area contributed by atoms with E-state index in [4.69, 9.17) is 4.42 Å². The molecule has 0 aliphatic heterocycles. The fraction of sp³-hybridized carbons (Fsp3) is 0.0638. The number of allylic oxidation sites excluding steroid dienone is 1. The summed E-state index contributed by atoms with van der Waals surface area (Å²) in [4.78, 5) is 0. The van der Waals surface area contributed by atoms with Gasteiger partial charge in [0.05, 0.1) is 5.56 Å². The summed E-state index contributed by atoms with van der Waals surface area (Å²) in [6.45, 7) is 0. The van der Waals surface area contributed by atoms with E-state index in [2.05, 4.69) is 91.0 Å². The highest BCUT2D eigenvalue weighted by Gasteiger charge is 2.36. The Morgan fingerprint density at radius 3 is 1.75 bits per heavy atom. The highest BCUT2D eigenvalue weighted by molar-refractivity contribution is 6.19. The predicted octanol–water partition coefficient (Wildman–Crippen LogP) is 14.0. The quantitative estimate of drug-likeness (QED) is 0.171. The second-order valence-electron chi connectivity index (χ2n) is 13.3. The predicted molar refractivity (Wildman–Crippen MR) is 205 cm³/mol. The Kier molecular flexibility index (Phi) is 6.53. The standard InChI is InChI=1S/C47H29F3O/c48-47(49,50)45-36-21-10-8-19-34(36)43(35-20-9-11-22-37(35)45)29-25-26-41-40(27-29)38-23-12-24-39(46(38)51-41)44-32-17-6-4-15-30(32)42(28-13-2-1-3-14-28)31-16-5-7-18-33(31)44/h1-6,8-17,19-27H,7,18H2. The van der Waals surface area contributed by atoms with Crippen molar-refractivity contribution in [1.82, 2.24) is 0 Å². The van der Waals surface area contributed by atoms with Gasteiger partial charge in [0.25, 0.3) is 0 Å². The molecule has 0 saturated heterocycles. The monoisotopic (exact) mass is 666 g/mol. The van der Waals surface area contributed by atoms with Crippen molar-refractivity contribution in [3.05, 3.63) is 162 Å². The summed E-state index contributed by atoms with van der Waals surface area (Å²) in [5, 5.41) is 5.81. The molecule has 244 valence electrons. The number of alkyl halides is 3. The normalized spacial score (nSPS) is 13.2. The molecule has 0 N–H and O–H groups in total. The molecule has 9 aromatic rings. The van der Waals surface area contributed by atoms with Crippen molar-refractivity contribution in [2.45, 2.75) is 19.0 Å². The average Bonchev–Trinajstić information content (AvgIpc) is 3.54. The Morgan fingerprint density at radius 2 is 1.08 bits per heavy atom. The van der Waals surface area contributed by atoms with E-state index in [-0.39, 0.29) is 10.8 Å². The molecule has 51 heavy (non-hydrogen) atoms. The largest absolute Gasteiger partial charge is 0.455 e. The van der Waals surface area contributed by atoms with Crippen molar-refractivity contribution in [2.75, 3.05) is 0 Å². The van der Waals surface area contributed by atoms with Gasteiger partial charge in [-0.15, -0.1) is 0 Å². The van der Waals surface area contributed by atoms with E-state index in [9.17, 15) is 13.2 Å². The maximum Gasteiger partial charge on any atom is 0.417 e. The maximum atomic E-state index is 14.6. The zero-order chi connectivity index (χ0) is 34.3. The molecule has 0 unspecified atom stereocenters. The molecular weight excluding hydrogens is 638 g/mol. The highest BCUT2D eigenvalue weighted by Crippen LogP contribution is 2.49. The molecule has 0 atom stereocenters. The smallest absolute Gasteiger partial charge is 0.417 e. The number of para-hydroxylation sites is 1. The van der Waals surface area contributed by atoms with Gasteiger partial charge in [-0.05, 0) is 96.2 Å². The summed E-state index contributed by atoms with van der Waals surface area (Å²) in [5.41, 5.74) is 9.81. The van der Waals surface area contributed by atoms with Crippen LogP contribution in [0.1, 0.15) is 23.1 Å². The van der Waals surface area contributed by atoms with Crippen molar-refractivity contribution in [2.24, 2.45) is 0 Å². The first kappa shape index (κ1) is 29.8. The molecule has 8 aromatic carbocycles. The van der Waals surface area contributed by atoms with Gasteiger partial charge in [-0.25, -0.2) is 0 Å². The van der Waals surface area contributed by atoms with Crippen LogP contribution >= 0.6 is 0 Å². The SMILES string of the molecule is FC(F)(F)c1c2ccccc2c(-c2ccc3oc4c(-c5c6c(c(-c7ccccc7)c7ccccc57)C=CCC6)cccc4c3c2)c2ccccc12. The van der Waals surface area contributed by atoms with Gasteiger partial charge in [-0.1, -0.05) is 140 Å². The van der Waals surface area contributed by atoms with Crippen molar-refractivity contribution in [1.29, 1.82) is 0 Å². The van der Waals surface area contributed by atoms with Crippen molar-refractivity contribution < 1.29 is 17.6 Å². The van der Waals surface area contributed by atoms with E-state index in [0.717, 1.165) is 51.5 Å². The summed E-state index contributed by atoms with van der Waals surface area (Å²) in [6, 6.07) is 45.3. The van der Waals surface area contributed by atoms with Gasteiger partial charge in [-0.3, -0.25) is 0 Å². The Labute approximate surface area is 291 Å². The number of hydrogen-bond donors (Lipinski definition) is 0. The molecule has 0 spiro atoms. The lowest BCUT2D eigenvalue weighted by Gasteiger charge is -2.23. The van der Waals surface area contributed by atoms with Crippen molar-refractivity contribution in [3.8, 4) is 33.4 Å². The van der Waals surface area contributed by atoms with Crippen LogP contribution in [0.3, 0.4) is 0 Å². The lowest BCUT2D eigenvalue weighted by atomic mass is 9.80. The van der Waals surface area contributed by atoms with Crippen LogP contribution in [0.4, 0.5) is 13.2 Å². The van der Waals surface area contributed by atoms with E-state index in [0.29, 0.717) is 10.8 Å². The van der Waals surface area contributed by atoms with Gasteiger partial charge in [0.15, 0.2) is 0 Å². The Bertz CT molecular complexity index is 2840. The van der Waals surface area contributed by atoms with Crippen LogP contribution in [0.5, 0.6) is 0 Å². The molecule has 0 fully saturated rings. The highest BCUT2D eigenvalue weighted by atomic mass is 19.4. The van der Waals surface area contributed by atoms with E-state index in [1.165, 1.54) is 38.6 Å². The molecule has 1 nitrogen and oxygen atoms in total. The molecular formula is C47H29F3O. The van der Waals surface area contributed by atoms with Gasteiger partial charge in [0, 0.05) is 16.3 Å². The van der Waals surface area contributed by atoms with Crippen molar-refractivity contribution >= 4 is 60.3 Å². The molecule has 1 aromatic heterocycles. The summed E-state index contributed by atoms with van der Waals surface area (Å²) in [7, 11) is 0. The topological polar surface area (TPSA) is 13.1 Å². The van der Waals surface area contributed by atoms with Gasteiger partial charge in [0.1, 0.15) is 11.2 Å². The Balaban J connectivity index is 1.25. The third-order valence-corrected chi connectivity index (χ3v) is 10.5. The Hall–Kier alpha value is -6.13. The Morgan fingerprint density at radius 1 is 0.490 bits per heavy atom. The zero-order valence-corrected chi connectivity index (χ0v) is 27.4. The molecule has 0 amide bonds. The number of benzene rings is 8. The number of furan rings is 1. The molecule has 1 heterocycles. The second-order valence-corrected chi connectivity index (χ2v) is 13.3. The van der Waals surface area contributed by atoms with E-state index in [1.807, 2.05) is 24.3 Å². The number of rotatable bonds is 3. The van der Waals surface area contributed by atoms with Crippen LogP contribution in [-0.4, -0.2) is 0 Å². The van der Waals surface area contributed by atoms with Crippen LogP contribution < -0.4 is 0 Å². The number of halogens is 3. The molecule has 1 aliphatic rings. The maximum absolute atomic E-state index is 14.6. The number of hydrogen-bond acceptors (Lipinski definition) is 1. The third kappa shape index (κ3) is 4.49. The first-order chi connectivity index (χ1) is 25.0. The van der Waals surface area contributed by atoms with Crippen LogP contribution in [-0.2, 0) is 12.6 Å². The molecule has 1 aliphatic carbocycles. The summed E-state index contributed by atoms with van der Waals surface area (Å²) in [5.74, 6) is 0. The minimum atomic E-state index is -4.50. The zero-order valence-electron chi connectivity index (χ0n) is 27.4. The summed E-state index contributed by atoms with van der Waals surface area (Å²) in [6.07, 6.45) is 1.92. The van der Waals surface area contributed by atoms with Crippen LogP contribution in [0.15, 0.2) is 150 Å². The number of fused-ring (bicyclic) bond motifs is 7. The fourth-order valence-corrected chi connectivity index (χ4v) is 8.50. The second kappa shape index (κ2) is 11.2. The summed E-state index contributed by atoms with van der Waals surface area (Å²) >= 11 is 0. The minimum absolute atomic E-state index is 0.197.